The molecular weight excluding hydrogens is 559 g/mol. The fourth-order valence-corrected chi connectivity index (χ4v) is 5.62. The summed E-state index contributed by atoms with van der Waals surface area (Å²) in [5.41, 5.74) is 2.25. The van der Waals surface area contributed by atoms with E-state index in [1.807, 2.05) is 56.3 Å². The van der Waals surface area contributed by atoms with Gasteiger partial charge in [-0.05, 0) is 93.2 Å². The maximum absolute atomic E-state index is 13.5. The summed E-state index contributed by atoms with van der Waals surface area (Å²) in [6.45, 7) is 4.69. The number of aryl methyl sites for hydroxylation is 2. The van der Waals surface area contributed by atoms with E-state index < -0.39 is 7.60 Å². The molecule has 0 aliphatic rings. The summed E-state index contributed by atoms with van der Waals surface area (Å²) < 4.78 is 38.2. The predicted molar refractivity (Wildman–Crippen MR) is 134 cm³/mol. The van der Waals surface area contributed by atoms with E-state index >= 15 is 0 Å². The lowest BCUT2D eigenvalue weighted by molar-refractivity contribution is 0.157. The first-order valence-electron chi connectivity index (χ1n) is 10.1. The van der Waals surface area contributed by atoms with Gasteiger partial charge in [0, 0.05) is 0 Å². The molecule has 0 spiro atoms. The molecule has 8 heteroatoms. The lowest BCUT2D eigenvalue weighted by Gasteiger charge is -2.19. The summed E-state index contributed by atoms with van der Waals surface area (Å²) in [7, 11) is -3.54. The molecule has 3 aromatic carbocycles. The maximum Gasteiger partial charge on any atom is 0.361 e. The van der Waals surface area contributed by atoms with Crippen LogP contribution in [-0.4, -0.2) is 26.4 Å². The Hall–Kier alpha value is -1.63. The molecule has 0 amide bonds. The zero-order valence-electron chi connectivity index (χ0n) is 17.9. The molecule has 0 heterocycles. The summed E-state index contributed by atoms with van der Waals surface area (Å²) in [6.07, 6.45) is 0. The Morgan fingerprint density at radius 3 is 1.59 bits per heavy atom. The SMILES string of the molecule is Cc1ccc(OCCOP(=O)(OCCOc2ccc(C)cc2Br)c2ccccc2)c(Br)c1. The number of halogens is 2. The van der Waals surface area contributed by atoms with Gasteiger partial charge in [-0.3, -0.25) is 4.57 Å². The molecule has 0 radical (unpaired) electrons. The summed E-state index contributed by atoms with van der Waals surface area (Å²) in [4.78, 5) is 0. The van der Waals surface area contributed by atoms with Crippen molar-refractivity contribution in [1.29, 1.82) is 0 Å². The van der Waals surface area contributed by atoms with Crippen molar-refractivity contribution in [2.24, 2.45) is 0 Å². The number of rotatable bonds is 11. The summed E-state index contributed by atoms with van der Waals surface area (Å²) in [5, 5.41) is 0.494. The van der Waals surface area contributed by atoms with E-state index in [-0.39, 0.29) is 26.4 Å². The first kappa shape index (κ1) is 25.0. The number of ether oxygens (including phenoxy) is 2. The van der Waals surface area contributed by atoms with E-state index in [2.05, 4.69) is 31.9 Å². The Balaban J connectivity index is 1.56. The number of benzene rings is 3. The summed E-state index contributed by atoms with van der Waals surface area (Å²) >= 11 is 6.97. The van der Waals surface area contributed by atoms with Crippen molar-refractivity contribution in [1.82, 2.24) is 0 Å². The highest BCUT2D eigenvalue weighted by atomic mass is 79.9. The summed E-state index contributed by atoms with van der Waals surface area (Å²) in [6, 6.07) is 20.6. The monoisotopic (exact) mass is 582 g/mol. The molecule has 0 fully saturated rings. The van der Waals surface area contributed by atoms with Crippen molar-refractivity contribution in [3.05, 3.63) is 86.8 Å². The fraction of sp³-hybridized carbons (Fsp3) is 0.250. The lowest BCUT2D eigenvalue weighted by atomic mass is 10.2. The van der Waals surface area contributed by atoms with Gasteiger partial charge in [0.1, 0.15) is 24.7 Å². The molecule has 0 aromatic heterocycles. The standard InChI is InChI=1S/C24H25Br2O5P/c1-18-8-10-23(21(25)16-18)28-12-14-30-32(27,20-6-4-3-5-7-20)31-15-13-29-24-11-9-19(2)17-22(24)26/h3-11,16-17H,12-15H2,1-2H3. The van der Waals surface area contributed by atoms with Crippen LogP contribution >= 0.6 is 39.5 Å². The third-order valence-electron chi connectivity index (χ3n) is 4.45. The topological polar surface area (TPSA) is 54.0 Å². The van der Waals surface area contributed by atoms with E-state index in [1.54, 1.807) is 24.3 Å². The largest absolute Gasteiger partial charge is 0.490 e. The van der Waals surface area contributed by atoms with Crippen molar-refractivity contribution in [2.75, 3.05) is 26.4 Å². The van der Waals surface area contributed by atoms with Crippen molar-refractivity contribution >= 4 is 44.8 Å². The van der Waals surface area contributed by atoms with Crippen molar-refractivity contribution in [2.45, 2.75) is 13.8 Å². The highest BCUT2D eigenvalue weighted by Gasteiger charge is 2.27. The second kappa shape index (κ2) is 12.0. The smallest absolute Gasteiger partial charge is 0.361 e. The Kier molecular flexibility index (Phi) is 9.38. The van der Waals surface area contributed by atoms with Gasteiger partial charge in [0.05, 0.1) is 27.5 Å². The normalized spacial score (nSPS) is 11.4. The molecule has 0 saturated carbocycles. The van der Waals surface area contributed by atoms with E-state index in [1.165, 1.54) is 0 Å². The van der Waals surface area contributed by atoms with Gasteiger partial charge in [0.15, 0.2) is 0 Å². The molecule has 5 nitrogen and oxygen atoms in total. The van der Waals surface area contributed by atoms with E-state index in [9.17, 15) is 4.57 Å². The molecule has 0 aliphatic carbocycles. The van der Waals surface area contributed by atoms with Crippen molar-refractivity contribution in [3.63, 3.8) is 0 Å². The molecule has 0 atom stereocenters. The molecule has 32 heavy (non-hydrogen) atoms. The predicted octanol–water partition coefficient (Wildman–Crippen LogP) is 6.84. The van der Waals surface area contributed by atoms with Crippen LogP contribution in [0.1, 0.15) is 11.1 Å². The third kappa shape index (κ3) is 7.19. The minimum Gasteiger partial charge on any atom is -0.490 e. The molecule has 170 valence electrons. The zero-order valence-corrected chi connectivity index (χ0v) is 22.0. The Morgan fingerprint density at radius 2 is 1.16 bits per heavy atom. The van der Waals surface area contributed by atoms with Gasteiger partial charge in [0.2, 0.25) is 0 Å². The van der Waals surface area contributed by atoms with Crippen LogP contribution in [0.5, 0.6) is 11.5 Å². The lowest BCUT2D eigenvalue weighted by Crippen LogP contribution is -2.16. The van der Waals surface area contributed by atoms with E-state index in [0.717, 1.165) is 20.1 Å². The van der Waals surface area contributed by atoms with Crippen molar-refractivity contribution in [3.8, 4) is 11.5 Å². The van der Waals surface area contributed by atoms with Crippen LogP contribution in [0.3, 0.4) is 0 Å². The first-order chi connectivity index (χ1) is 15.4. The van der Waals surface area contributed by atoms with Crippen LogP contribution in [0.25, 0.3) is 0 Å². The molecule has 0 unspecified atom stereocenters. The average Bonchev–Trinajstić information content (AvgIpc) is 2.77. The van der Waals surface area contributed by atoms with Crippen LogP contribution < -0.4 is 14.8 Å². The van der Waals surface area contributed by atoms with E-state index in [4.69, 9.17) is 18.5 Å². The van der Waals surface area contributed by atoms with Crippen LogP contribution in [0, 0.1) is 13.8 Å². The van der Waals surface area contributed by atoms with Crippen LogP contribution in [-0.2, 0) is 13.6 Å². The van der Waals surface area contributed by atoms with Gasteiger partial charge < -0.3 is 18.5 Å². The number of hydrogen-bond donors (Lipinski definition) is 0. The highest BCUT2D eigenvalue weighted by molar-refractivity contribution is 9.10. The van der Waals surface area contributed by atoms with Gasteiger partial charge >= 0.3 is 7.60 Å². The van der Waals surface area contributed by atoms with E-state index in [0.29, 0.717) is 16.8 Å². The van der Waals surface area contributed by atoms with Gasteiger partial charge in [-0.1, -0.05) is 30.3 Å². The van der Waals surface area contributed by atoms with Crippen LogP contribution in [0.4, 0.5) is 0 Å². The first-order valence-corrected chi connectivity index (χ1v) is 13.2. The van der Waals surface area contributed by atoms with Gasteiger partial charge in [-0.25, -0.2) is 0 Å². The second-order valence-electron chi connectivity index (χ2n) is 7.06. The Bertz CT molecular complexity index is 1010. The molecule has 0 N–H and O–H groups in total. The van der Waals surface area contributed by atoms with Crippen LogP contribution in [0.2, 0.25) is 0 Å². The molecule has 0 saturated heterocycles. The Morgan fingerprint density at radius 1 is 0.688 bits per heavy atom. The molecule has 0 bridgehead atoms. The maximum atomic E-state index is 13.5. The minimum absolute atomic E-state index is 0.108. The minimum atomic E-state index is -3.54. The Labute approximate surface area is 205 Å². The molecule has 0 aliphatic heterocycles. The van der Waals surface area contributed by atoms with Gasteiger partial charge in [-0.15, -0.1) is 0 Å². The van der Waals surface area contributed by atoms with Crippen LogP contribution in [0.15, 0.2) is 75.7 Å². The van der Waals surface area contributed by atoms with Gasteiger partial charge in [-0.2, -0.15) is 0 Å². The summed E-state index contributed by atoms with van der Waals surface area (Å²) in [5.74, 6) is 1.40. The van der Waals surface area contributed by atoms with Gasteiger partial charge in [0.25, 0.3) is 0 Å². The quantitative estimate of drug-likeness (QED) is 0.183. The molecular formula is C24H25Br2O5P. The highest BCUT2D eigenvalue weighted by Crippen LogP contribution is 2.46. The average molecular weight is 584 g/mol. The zero-order chi connectivity index (χ0) is 23.0. The molecule has 3 aromatic rings. The fourth-order valence-electron chi connectivity index (χ4n) is 2.86. The molecule has 3 rings (SSSR count). The second-order valence-corrected chi connectivity index (χ2v) is 10.8. The number of hydrogen-bond acceptors (Lipinski definition) is 5. The third-order valence-corrected chi connectivity index (χ3v) is 7.67. The van der Waals surface area contributed by atoms with Crippen molar-refractivity contribution < 1.29 is 23.1 Å².